The number of halogens is 1. The van der Waals surface area contributed by atoms with Gasteiger partial charge in [0.2, 0.25) is 0 Å². The Labute approximate surface area is 103 Å². The van der Waals surface area contributed by atoms with E-state index in [4.69, 9.17) is 0 Å². The maximum atomic E-state index is 13.5. The summed E-state index contributed by atoms with van der Waals surface area (Å²) in [5.74, 6) is 0.515. The monoisotopic (exact) mass is 236 g/mol. The third-order valence-corrected chi connectivity index (χ3v) is 3.62. The van der Waals surface area contributed by atoms with Gasteiger partial charge in [-0.2, -0.15) is 0 Å². The van der Waals surface area contributed by atoms with Crippen molar-refractivity contribution in [1.29, 1.82) is 0 Å². The average molecular weight is 236 g/mol. The maximum absolute atomic E-state index is 13.5. The second-order valence-electron chi connectivity index (χ2n) is 5.11. The number of rotatable bonds is 3. The van der Waals surface area contributed by atoms with Crippen LogP contribution in [-0.2, 0) is 6.54 Å². The van der Waals surface area contributed by atoms with Crippen LogP contribution in [0.4, 0.5) is 4.39 Å². The molecule has 0 amide bonds. The van der Waals surface area contributed by atoms with Crippen molar-refractivity contribution in [3.63, 3.8) is 0 Å². The van der Waals surface area contributed by atoms with Crippen molar-refractivity contribution in [3.8, 4) is 0 Å². The molecule has 0 bridgehead atoms. The average Bonchev–Trinajstić information content (AvgIpc) is 2.30. The van der Waals surface area contributed by atoms with E-state index in [9.17, 15) is 4.39 Å². The molecule has 2 nitrogen and oxygen atoms in total. The molecule has 2 unspecified atom stereocenters. The summed E-state index contributed by atoms with van der Waals surface area (Å²) < 4.78 is 13.5. The van der Waals surface area contributed by atoms with Gasteiger partial charge in [0.15, 0.2) is 0 Å². The Bertz CT molecular complexity index is 367. The van der Waals surface area contributed by atoms with Crippen LogP contribution in [0, 0.1) is 11.7 Å². The number of hydrogen-bond acceptors (Lipinski definition) is 2. The van der Waals surface area contributed by atoms with Crippen LogP contribution >= 0.6 is 0 Å². The third-order valence-electron chi connectivity index (χ3n) is 3.62. The quantitative estimate of drug-likeness (QED) is 0.866. The molecule has 2 atom stereocenters. The van der Waals surface area contributed by atoms with E-state index in [-0.39, 0.29) is 5.82 Å². The Morgan fingerprint density at radius 2 is 2.18 bits per heavy atom. The van der Waals surface area contributed by atoms with Crippen LogP contribution in [0.5, 0.6) is 0 Å². The molecule has 1 aliphatic heterocycles. The van der Waals surface area contributed by atoms with Crippen LogP contribution in [0.1, 0.15) is 18.9 Å². The fourth-order valence-corrected chi connectivity index (χ4v) is 2.54. The molecule has 2 rings (SSSR count). The van der Waals surface area contributed by atoms with Crippen molar-refractivity contribution >= 4 is 0 Å². The smallest absolute Gasteiger partial charge is 0.127 e. The predicted molar refractivity (Wildman–Crippen MR) is 68.3 cm³/mol. The summed E-state index contributed by atoms with van der Waals surface area (Å²) in [6, 6.07) is 7.50. The SMILES string of the molecule is CC1CN(C)CCC1NCc1ccccc1F. The summed E-state index contributed by atoms with van der Waals surface area (Å²) in [7, 11) is 2.16. The first-order valence-electron chi connectivity index (χ1n) is 6.32. The minimum Gasteiger partial charge on any atom is -0.309 e. The minimum atomic E-state index is -0.111. The number of likely N-dealkylation sites (tertiary alicyclic amines) is 1. The lowest BCUT2D eigenvalue weighted by molar-refractivity contribution is 0.174. The zero-order valence-corrected chi connectivity index (χ0v) is 10.6. The fraction of sp³-hybridized carbons (Fsp3) is 0.571. The maximum Gasteiger partial charge on any atom is 0.127 e. The van der Waals surface area contributed by atoms with Crippen LogP contribution in [0.2, 0.25) is 0 Å². The minimum absolute atomic E-state index is 0.111. The lowest BCUT2D eigenvalue weighted by Gasteiger charge is -2.35. The molecule has 1 saturated heterocycles. The summed E-state index contributed by atoms with van der Waals surface area (Å²) in [5, 5.41) is 3.48. The lowest BCUT2D eigenvalue weighted by atomic mass is 9.94. The van der Waals surface area contributed by atoms with E-state index in [0.717, 1.165) is 25.1 Å². The highest BCUT2D eigenvalue weighted by Crippen LogP contribution is 2.16. The molecule has 0 saturated carbocycles. The van der Waals surface area contributed by atoms with Crippen LogP contribution in [0.3, 0.4) is 0 Å². The molecule has 17 heavy (non-hydrogen) atoms. The predicted octanol–water partition coefficient (Wildman–Crippen LogP) is 2.26. The molecule has 1 aliphatic rings. The molecule has 1 N–H and O–H groups in total. The van der Waals surface area contributed by atoms with Crippen molar-refractivity contribution in [2.45, 2.75) is 25.9 Å². The molecule has 1 aromatic carbocycles. The molecule has 1 fully saturated rings. The van der Waals surface area contributed by atoms with Crippen molar-refractivity contribution in [2.24, 2.45) is 5.92 Å². The van der Waals surface area contributed by atoms with Crippen molar-refractivity contribution in [3.05, 3.63) is 35.6 Å². The topological polar surface area (TPSA) is 15.3 Å². The van der Waals surface area contributed by atoms with E-state index in [1.165, 1.54) is 6.07 Å². The first kappa shape index (κ1) is 12.5. The molecule has 3 heteroatoms. The number of nitrogens with one attached hydrogen (secondary N) is 1. The summed E-state index contributed by atoms with van der Waals surface area (Å²) >= 11 is 0. The molecule has 0 aromatic heterocycles. The molecule has 0 spiro atoms. The van der Waals surface area contributed by atoms with Gasteiger partial charge in [0, 0.05) is 24.7 Å². The zero-order valence-electron chi connectivity index (χ0n) is 10.6. The lowest BCUT2D eigenvalue weighted by Crippen LogP contribution is -2.46. The second-order valence-corrected chi connectivity index (χ2v) is 5.11. The van der Waals surface area contributed by atoms with Gasteiger partial charge in [-0.25, -0.2) is 4.39 Å². The Hall–Kier alpha value is -0.930. The Morgan fingerprint density at radius 1 is 1.41 bits per heavy atom. The van der Waals surface area contributed by atoms with Crippen LogP contribution in [0.15, 0.2) is 24.3 Å². The van der Waals surface area contributed by atoms with Crippen LogP contribution in [-0.4, -0.2) is 31.1 Å². The largest absolute Gasteiger partial charge is 0.309 e. The van der Waals surface area contributed by atoms with Gasteiger partial charge >= 0.3 is 0 Å². The Kier molecular flexibility index (Phi) is 4.13. The van der Waals surface area contributed by atoms with E-state index >= 15 is 0 Å². The van der Waals surface area contributed by atoms with E-state index in [0.29, 0.717) is 18.5 Å². The summed E-state index contributed by atoms with van der Waals surface area (Å²) in [6.45, 7) is 5.13. The molecule has 1 aromatic rings. The number of piperidine rings is 1. The highest BCUT2D eigenvalue weighted by atomic mass is 19.1. The normalized spacial score (nSPS) is 26.1. The van der Waals surface area contributed by atoms with Gasteiger partial charge < -0.3 is 10.2 Å². The van der Waals surface area contributed by atoms with Gasteiger partial charge in [-0.15, -0.1) is 0 Å². The molecule has 94 valence electrons. The molecular weight excluding hydrogens is 215 g/mol. The summed E-state index contributed by atoms with van der Waals surface area (Å²) in [4.78, 5) is 2.35. The highest BCUT2D eigenvalue weighted by Gasteiger charge is 2.23. The Balaban J connectivity index is 1.88. The van der Waals surface area contributed by atoms with Crippen molar-refractivity contribution in [1.82, 2.24) is 10.2 Å². The second kappa shape index (κ2) is 5.61. The van der Waals surface area contributed by atoms with Gasteiger partial charge in [0.1, 0.15) is 5.82 Å². The van der Waals surface area contributed by atoms with Crippen LogP contribution < -0.4 is 5.32 Å². The van der Waals surface area contributed by atoms with Crippen LogP contribution in [0.25, 0.3) is 0 Å². The molecule has 0 aliphatic carbocycles. The van der Waals surface area contributed by atoms with Gasteiger partial charge in [-0.1, -0.05) is 25.1 Å². The van der Waals surface area contributed by atoms with E-state index in [1.54, 1.807) is 6.07 Å². The molecular formula is C14H21FN2. The zero-order chi connectivity index (χ0) is 12.3. The van der Waals surface area contributed by atoms with Gasteiger partial charge in [0.25, 0.3) is 0 Å². The number of benzene rings is 1. The van der Waals surface area contributed by atoms with E-state index in [2.05, 4.69) is 24.2 Å². The van der Waals surface area contributed by atoms with Crippen molar-refractivity contribution in [2.75, 3.05) is 20.1 Å². The van der Waals surface area contributed by atoms with E-state index < -0.39 is 0 Å². The number of nitrogens with zero attached hydrogens (tertiary/aromatic N) is 1. The summed E-state index contributed by atoms with van der Waals surface area (Å²) in [6.07, 6.45) is 1.14. The summed E-state index contributed by atoms with van der Waals surface area (Å²) in [5.41, 5.74) is 0.763. The highest BCUT2D eigenvalue weighted by molar-refractivity contribution is 5.17. The first-order chi connectivity index (χ1) is 8.16. The Morgan fingerprint density at radius 3 is 2.88 bits per heavy atom. The van der Waals surface area contributed by atoms with Gasteiger partial charge in [-0.05, 0) is 32.0 Å². The first-order valence-corrected chi connectivity index (χ1v) is 6.32. The molecule has 0 radical (unpaired) electrons. The standard InChI is InChI=1S/C14H21FN2/c1-11-10-17(2)8-7-14(11)16-9-12-5-3-4-6-13(12)15/h3-6,11,14,16H,7-10H2,1-2H3. The van der Waals surface area contributed by atoms with Gasteiger partial charge in [0.05, 0.1) is 0 Å². The van der Waals surface area contributed by atoms with E-state index in [1.807, 2.05) is 12.1 Å². The molecule has 1 heterocycles. The third kappa shape index (κ3) is 3.27. The van der Waals surface area contributed by atoms with Crippen molar-refractivity contribution < 1.29 is 4.39 Å². The van der Waals surface area contributed by atoms with Gasteiger partial charge in [-0.3, -0.25) is 0 Å². The fourth-order valence-electron chi connectivity index (χ4n) is 2.54. The number of hydrogen-bond donors (Lipinski definition) is 1.